The van der Waals surface area contributed by atoms with E-state index in [4.69, 9.17) is 0 Å². The summed E-state index contributed by atoms with van der Waals surface area (Å²) in [5, 5.41) is 20.1. The number of phenols is 2. The molecule has 0 aliphatic rings. The molecule has 2 N–H and O–H groups in total. The first-order valence-electron chi connectivity index (χ1n) is 9.24. The molecule has 0 bridgehead atoms. The molecule has 0 amide bonds. The molecule has 0 saturated carbocycles. The summed E-state index contributed by atoms with van der Waals surface area (Å²) in [7, 11) is 7.48. The monoisotopic (exact) mass is 392 g/mol. The van der Waals surface area contributed by atoms with Crippen molar-refractivity contribution in [1.29, 1.82) is 0 Å². The zero-order valence-corrected chi connectivity index (χ0v) is 17.1. The Bertz CT molecular complexity index is 913. The van der Waals surface area contributed by atoms with Gasteiger partial charge >= 0.3 is 0 Å². The first kappa shape index (κ1) is 20.3. The average Bonchev–Trinajstić information content (AvgIpc) is 2.71. The Kier molecular flexibility index (Phi) is 6.06. The van der Waals surface area contributed by atoms with E-state index in [-0.39, 0.29) is 11.5 Å². The van der Waals surface area contributed by atoms with Crippen LogP contribution in [0.5, 0.6) is 11.5 Å². The van der Waals surface area contributed by atoms with E-state index in [1.807, 2.05) is 68.0 Å². The minimum absolute atomic E-state index is 0.234. The van der Waals surface area contributed by atoms with Gasteiger partial charge in [-0.3, -0.25) is 0 Å². The summed E-state index contributed by atoms with van der Waals surface area (Å²) < 4.78 is 0. The summed E-state index contributed by atoms with van der Waals surface area (Å²) in [4.78, 5) is 19.2. The molecule has 0 fully saturated rings. The maximum Gasteiger partial charge on any atom is 0.231 e. The first-order chi connectivity index (χ1) is 13.8. The molecule has 29 heavy (non-hydrogen) atoms. The lowest BCUT2D eigenvalue weighted by Gasteiger charge is -2.23. The van der Waals surface area contributed by atoms with Crippen molar-refractivity contribution in [2.75, 3.05) is 35.8 Å². The summed E-state index contributed by atoms with van der Waals surface area (Å²) in [6.45, 7) is 0.901. The van der Waals surface area contributed by atoms with Crippen LogP contribution in [0.1, 0.15) is 11.1 Å². The Morgan fingerprint density at radius 2 is 1.07 bits per heavy atom. The second-order valence-electron chi connectivity index (χ2n) is 7.10. The highest BCUT2D eigenvalue weighted by Gasteiger charge is 2.16. The quantitative estimate of drug-likeness (QED) is 0.586. The van der Waals surface area contributed by atoms with Crippen molar-refractivity contribution in [3.8, 4) is 11.5 Å². The Morgan fingerprint density at radius 1 is 0.690 bits per heavy atom. The van der Waals surface area contributed by atoms with Gasteiger partial charge in [0.1, 0.15) is 11.5 Å². The van der Waals surface area contributed by atoms with Crippen LogP contribution in [0.3, 0.4) is 0 Å². The molecule has 0 spiro atoms. The fourth-order valence-electron chi connectivity index (χ4n) is 2.83. The van der Waals surface area contributed by atoms with Crippen LogP contribution >= 0.6 is 0 Å². The lowest BCUT2D eigenvalue weighted by atomic mass is 10.2. The third kappa shape index (κ3) is 4.87. The molecule has 0 aliphatic carbocycles. The summed E-state index contributed by atoms with van der Waals surface area (Å²) in [5.74, 6) is 1.98. The number of hydrogen-bond donors (Lipinski definition) is 2. The van der Waals surface area contributed by atoms with Gasteiger partial charge in [0.25, 0.3) is 0 Å². The van der Waals surface area contributed by atoms with E-state index >= 15 is 0 Å². The topological polar surface area (TPSA) is 88.9 Å². The van der Waals surface area contributed by atoms with Gasteiger partial charge in [0, 0.05) is 38.3 Å². The standard InChI is InChI=1S/C20H25BN6O2/c1-25(12-14-8-4-6-10-16(14)28)18-22-19(24-20(23-18)27(3)21)26(2)13-15-9-5-7-11-17(15)29/h4-11,28-29H,12-13,21H2,1-3H3. The number of aromatic nitrogens is 3. The minimum Gasteiger partial charge on any atom is -0.508 e. The van der Waals surface area contributed by atoms with Crippen LogP contribution in [0.25, 0.3) is 0 Å². The van der Waals surface area contributed by atoms with Crippen LogP contribution in [-0.4, -0.2) is 54.3 Å². The Hall–Kier alpha value is -3.49. The zero-order chi connectivity index (χ0) is 21.0. The summed E-state index contributed by atoms with van der Waals surface area (Å²) in [6, 6.07) is 14.4. The lowest BCUT2D eigenvalue weighted by Crippen LogP contribution is -2.26. The second-order valence-corrected chi connectivity index (χ2v) is 7.10. The molecule has 0 aliphatic heterocycles. The van der Waals surface area contributed by atoms with Crippen LogP contribution in [0.4, 0.5) is 17.8 Å². The number of nitrogens with zero attached hydrogens (tertiary/aromatic N) is 6. The van der Waals surface area contributed by atoms with Crippen LogP contribution in [0, 0.1) is 0 Å². The number of aromatic hydroxyl groups is 2. The van der Waals surface area contributed by atoms with Crippen molar-refractivity contribution < 1.29 is 10.2 Å². The maximum atomic E-state index is 10.1. The van der Waals surface area contributed by atoms with E-state index in [1.54, 1.807) is 24.3 Å². The van der Waals surface area contributed by atoms with Gasteiger partial charge in [0.15, 0.2) is 0 Å². The van der Waals surface area contributed by atoms with E-state index in [9.17, 15) is 10.2 Å². The molecule has 1 aromatic heterocycles. The molecule has 3 aromatic rings. The van der Waals surface area contributed by atoms with Gasteiger partial charge in [0.05, 0.1) is 0 Å². The van der Waals surface area contributed by atoms with Crippen molar-refractivity contribution in [2.24, 2.45) is 0 Å². The molecule has 9 heteroatoms. The molecule has 150 valence electrons. The third-order valence-electron chi connectivity index (χ3n) is 4.48. The van der Waals surface area contributed by atoms with Crippen LogP contribution in [-0.2, 0) is 13.1 Å². The number of hydrogen-bond acceptors (Lipinski definition) is 8. The van der Waals surface area contributed by atoms with Gasteiger partial charge in [-0.1, -0.05) is 36.4 Å². The second kappa shape index (κ2) is 8.68. The summed E-state index contributed by atoms with van der Waals surface area (Å²) in [6.07, 6.45) is 0. The number of phenolic OH excluding ortho intramolecular Hbond substituents is 2. The van der Waals surface area contributed by atoms with E-state index < -0.39 is 0 Å². The summed E-state index contributed by atoms with van der Waals surface area (Å²) in [5.41, 5.74) is 1.57. The van der Waals surface area contributed by atoms with E-state index in [1.165, 1.54) is 0 Å². The van der Waals surface area contributed by atoms with Gasteiger partial charge in [-0.05, 0) is 19.2 Å². The smallest absolute Gasteiger partial charge is 0.231 e. The van der Waals surface area contributed by atoms with Crippen molar-refractivity contribution in [1.82, 2.24) is 15.0 Å². The average molecular weight is 392 g/mol. The summed E-state index contributed by atoms with van der Waals surface area (Å²) >= 11 is 0. The van der Waals surface area contributed by atoms with Crippen LogP contribution in [0.2, 0.25) is 0 Å². The van der Waals surface area contributed by atoms with E-state index in [0.29, 0.717) is 30.9 Å². The van der Waals surface area contributed by atoms with Gasteiger partial charge < -0.3 is 24.8 Å². The molecule has 0 atom stereocenters. The Labute approximate surface area is 171 Å². The highest BCUT2D eigenvalue weighted by atomic mass is 16.3. The zero-order valence-electron chi connectivity index (χ0n) is 17.1. The van der Waals surface area contributed by atoms with Gasteiger partial charge in [-0.2, -0.15) is 15.0 Å². The van der Waals surface area contributed by atoms with E-state index in [2.05, 4.69) is 15.0 Å². The number of para-hydroxylation sites is 2. The van der Waals surface area contributed by atoms with Crippen LogP contribution in [0.15, 0.2) is 48.5 Å². The van der Waals surface area contributed by atoms with Crippen molar-refractivity contribution in [3.63, 3.8) is 0 Å². The third-order valence-corrected chi connectivity index (χ3v) is 4.48. The number of benzene rings is 2. The van der Waals surface area contributed by atoms with Crippen molar-refractivity contribution in [3.05, 3.63) is 59.7 Å². The number of anilines is 3. The molecule has 3 rings (SSSR count). The fraction of sp³-hybridized carbons (Fsp3) is 0.250. The predicted octanol–water partition coefficient (Wildman–Crippen LogP) is 1.54. The molecule has 8 nitrogen and oxygen atoms in total. The van der Waals surface area contributed by atoms with E-state index in [0.717, 1.165) is 11.1 Å². The first-order valence-corrected chi connectivity index (χ1v) is 9.24. The molecular weight excluding hydrogens is 367 g/mol. The fourth-order valence-corrected chi connectivity index (χ4v) is 2.83. The van der Waals surface area contributed by atoms with Gasteiger partial charge in [0.2, 0.25) is 25.8 Å². The Balaban J connectivity index is 1.89. The molecule has 0 saturated heterocycles. The highest BCUT2D eigenvalue weighted by molar-refractivity contribution is 6.16. The highest BCUT2D eigenvalue weighted by Crippen LogP contribution is 2.23. The minimum atomic E-state index is 0.234. The molecule has 1 heterocycles. The molecular formula is C20H25BN6O2. The van der Waals surface area contributed by atoms with Crippen molar-refractivity contribution in [2.45, 2.75) is 13.1 Å². The van der Waals surface area contributed by atoms with Gasteiger partial charge in [-0.25, -0.2) is 0 Å². The predicted molar refractivity (Wildman–Crippen MR) is 117 cm³/mol. The number of rotatable bonds is 7. The largest absolute Gasteiger partial charge is 0.508 e. The van der Waals surface area contributed by atoms with Crippen molar-refractivity contribution >= 4 is 25.8 Å². The molecule has 0 radical (unpaired) electrons. The maximum absolute atomic E-state index is 10.1. The molecule has 0 unspecified atom stereocenters. The van der Waals surface area contributed by atoms with Crippen LogP contribution < -0.4 is 14.6 Å². The normalized spacial score (nSPS) is 10.6. The lowest BCUT2D eigenvalue weighted by molar-refractivity contribution is 0.467. The molecule has 2 aromatic carbocycles. The van der Waals surface area contributed by atoms with Gasteiger partial charge in [-0.15, -0.1) is 0 Å². The SMILES string of the molecule is BN(C)c1nc(N(C)Cc2ccccc2O)nc(N(C)Cc2ccccc2O)n1. The Morgan fingerprint density at radius 3 is 1.45 bits per heavy atom.